The molecule has 19 heavy (non-hydrogen) atoms. The quantitative estimate of drug-likeness (QED) is 0.808. The Balaban J connectivity index is 2.41. The molecule has 0 saturated heterocycles. The number of rotatable bonds is 3. The van der Waals surface area contributed by atoms with Gasteiger partial charge in [0.2, 0.25) is 0 Å². The lowest BCUT2D eigenvalue weighted by molar-refractivity contribution is 0.252. The Morgan fingerprint density at radius 1 is 1.42 bits per heavy atom. The average Bonchev–Trinajstić information content (AvgIpc) is 2.39. The molecule has 1 aromatic carbocycles. The Kier molecular flexibility index (Phi) is 4.19. The molecule has 0 atom stereocenters. The summed E-state index contributed by atoms with van der Waals surface area (Å²) in [7, 11) is 0. The highest BCUT2D eigenvalue weighted by Crippen LogP contribution is 2.27. The molecule has 100 valence electrons. The normalized spacial score (nSPS) is 10.5. The number of hydrogen-bond acceptors (Lipinski definition) is 3. The number of fused-ring (bicyclic) bond motifs is 1. The predicted octanol–water partition coefficient (Wildman–Crippen LogP) is 2.52. The predicted molar refractivity (Wildman–Crippen MR) is 75.4 cm³/mol. The first-order valence-electron chi connectivity index (χ1n) is 5.88. The smallest absolute Gasteiger partial charge is 0.320 e. The topological polar surface area (TPSA) is 74.2 Å². The number of hydrogen-bond donors (Lipinski definition) is 3. The fourth-order valence-corrected chi connectivity index (χ4v) is 2.01. The van der Waals surface area contributed by atoms with Gasteiger partial charge in [0, 0.05) is 23.2 Å². The summed E-state index contributed by atoms with van der Waals surface area (Å²) in [5.74, 6) is 0.412. The van der Waals surface area contributed by atoms with Gasteiger partial charge >= 0.3 is 6.03 Å². The third kappa shape index (κ3) is 2.94. The van der Waals surface area contributed by atoms with Crippen LogP contribution in [0.2, 0.25) is 5.02 Å². The number of nitrogens with one attached hydrogen (secondary N) is 2. The lowest BCUT2D eigenvalue weighted by atomic mass is 10.1. The van der Waals surface area contributed by atoms with E-state index in [1.807, 2.05) is 6.92 Å². The number of urea groups is 1. The van der Waals surface area contributed by atoms with Gasteiger partial charge in [-0.15, -0.1) is 0 Å². The standard InChI is InChI=1S/C13H14ClN3O2/c1-2-15-13(19)17-12-5-9-8(7-18)3-4-11(14)10(9)6-16-12/h3-6,18H,2,7H2,1H3,(H2,15,16,17,19). The molecule has 3 N–H and O–H groups in total. The van der Waals surface area contributed by atoms with Crippen molar-refractivity contribution in [3.63, 3.8) is 0 Å². The summed E-state index contributed by atoms with van der Waals surface area (Å²) in [5.41, 5.74) is 0.737. The second kappa shape index (κ2) is 5.86. The molecular weight excluding hydrogens is 266 g/mol. The Morgan fingerprint density at radius 2 is 2.21 bits per heavy atom. The third-order valence-electron chi connectivity index (χ3n) is 2.69. The molecule has 5 nitrogen and oxygen atoms in total. The molecule has 0 spiro atoms. The van der Waals surface area contributed by atoms with Crippen LogP contribution in [0.3, 0.4) is 0 Å². The number of carbonyl (C=O) groups excluding carboxylic acids is 1. The van der Waals surface area contributed by atoms with Crippen molar-refractivity contribution in [3.05, 3.63) is 35.0 Å². The van der Waals surface area contributed by atoms with Gasteiger partial charge in [0.15, 0.2) is 0 Å². The van der Waals surface area contributed by atoms with E-state index in [1.165, 1.54) is 0 Å². The minimum atomic E-state index is -0.318. The number of nitrogens with zero attached hydrogens (tertiary/aromatic N) is 1. The summed E-state index contributed by atoms with van der Waals surface area (Å²) in [4.78, 5) is 15.6. The molecule has 2 amide bonds. The van der Waals surface area contributed by atoms with Crippen molar-refractivity contribution in [2.24, 2.45) is 0 Å². The van der Waals surface area contributed by atoms with Gasteiger partial charge in [0.1, 0.15) is 5.82 Å². The van der Waals surface area contributed by atoms with Crippen molar-refractivity contribution in [2.75, 3.05) is 11.9 Å². The van der Waals surface area contributed by atoms with Crippen molar-refractivity contribution >= 4 is 34.2 Å². The van der Waals surface area contributed by atoms with E-state index in [-0.39, 0.29) is 12.6 Å². The lowest BCUT2D eigenvalue weighted by Gasteiger charge is -2.09. The van der Waals surface area contributed by atoms with Crippen LogP contribution in [0.25, 0.3) is 10.8 Å². The Morgan fingerprint density at radius 3 is 2.89 bits per heavy atom. The van der Waals surface area contributed by atoms with Crippen LogP contribution in [-0.4, -0.2) is 22.7 Å². The van der Waals surface area contributed by atoms with Gasteiger partial charge in [-0.3, -0.25) is 5.32 Å². The van der Waals surface area contributed by atoms with E-state index < -0.39 is 0 Å². The second-order valence-corrected chi connectivity index (χ2v) is 4.37. The molecular formula is C13H14ClN3O2. The zero-order chi connectivity index (χ0) is 13.8. The third-order valence-corrected chi connectivity index (χ3v) is 3.02. The highest BCUT2D eigenvalue weighted by molar-refractivity contribution is 6.35. The van der Waals surface area contributed by atoms with Gasteiger partial charge in [-0.1, -0.05) is 17.7 Å². The number of aromatic nitrogens is 1. The summed E-state index contributed by atoms with van der Waals surface area (Å²) >= 11 is 6.07. The van der Waals surface area contributed by atoms with Gasteiger partial charge < -0.3 is 10.4 Å². The number of halogens is 1. The minimum Gasteiger partial charge on any atom is -0.392 e. The van der Waals surface area contributed by atoms with Crippen LogP contribution in [0.15, 0.2) is 24.4 Å². The molecule has 0 fully saturated rings. The maximum Gasteiger partial charge on any atom is 0.320 e. The van der Waals surface area contributed by atoms with Gasteiger partial charge in [0.25, 0.3) is 0 Å². The maximum absolute atomic E-state index is 11.4. The van der Waals surface area contributed by atoms with E-state index in [0.29, 0.717) is 17.4 Å². The first-order chi connectivity index (χ1) is 9.15. The van der Waals surface area contributed by atoms with E-state index in [0.717, 1.165) is 16.3 Å². The average molecular weight is 280 g/mol. The molecule has 1 heterocycles. The minimum absolute atomic E-state index is 0.0989. The number of pyridine rings is 1. The Bertz CT molecular complexity index is 616. The number of anilines is 1. The fourth-order valence-electron chi connectivity index (χ4n) is 1.79. The lowest BCUT2D eigenvalue weighted by Crippen LogP contribution is -2.28. The molecule has 0 bridgehead atoms. The zero-order valence-electron chi connectivity index (χ0n) is 10.4. The molecule has 6 heteroatoms. The number of aliphatic hydroxyl groups is 1. The van der Waals surface area contributed by atoms with E-state index in [1.54, 1.807) is 24.4 Å². The van der Waals surface area contributed by atoms with Crippen LogP contribution in [0.4, 0.5) is 10.6 Å². The summed E-state index contributed by atoms with van der Waals surface area (Å²) in [6.45, 7) is 2.27. The Hall–Kier alpha value is -1.85. The van der Waals surface area contributed by atoms with E-state index in [9.17, 15) is 9.90 Å². The van der Waals surface area contributed by atoms with Crippen molar-refractivity contribution in [1.29, 1.82) is 0 Å². The second-order valence-electron chi connectivity index (χ2n) is 3.96. The molecule has 2 rings (SSSR count). The molecule has 2 aromatic rings. The van der Waals surface area contributed by atoms with Gasteiger partial charge in [-0.05, 0) is 30.0 Å². The van der Waals surface area contributed by atoms with Crippen molar-refractivity contribution in [3.8, 4) is 0 Å². The van der Waals surface area contributed by atoms with Gasteiger partial charge in [-0.2, -0.15) is 0 Å². The summed E-state index contributed by atoms with van der Waals surface area (Å²) < 4.78 is 0. The van der Waals surface area contributed by atoms with Crippen molar-refractivity contribution < 1.29 is 9.90 Å². The number of carbonyl (C=O) groups is 1. The van der Waals surface area contributed by atoms with Crippen molar-refractivity contribution in [1.82, 2.24) is 10.3 Å². The molecule has 0 aliphatic carbocycles. The summed E-state index contributed by atoms with van der Waals surface area (Å²) in [6.07, 6.45) is 1.58. The first kappa shape index (κ1) is 13.6. The highest BCUT2D eigenvalue weighted by Gasteiger charge is 2.08. The van der Waals surface area contributed by atoms with E-state index in [2.05, 4.69) is 15.6 Å². The molecule has 0 saturated carbocycles. The van der Waals surface area contributed by atoms with Gasteiger partial charge in [-0.25, -0.2) is 9.78 Å². The zero-order valence-corrected chi connectivity index (χ0v) is 11.2. The Labute approximate surface area is 115 Å². The first-order valence-corrected chi connectivity index (χ1v) is 6.26. The summed E-state index contributed by atoms with van der Waals surface area (Å²) in [5, 5.41) is 16.6. The number of amides is 2. The van der Waals surface area contributed by atoms with Crippen LogP contribution in [0, 0.1) is 0 Å². The molecule has 0 aliphatic rings. The monoisotopic (exact) mass is 279 g/mol. The van der Waals surface area contributed by atoms with E-state index >= 15 is 0 Å². The molecule has 0 unspecified atom stereocenters. The van der Waals surface area contributed by atoms with Crippen LogP contribution in [0.1, 0.15) is 12.5 Å². The van der Waals surface area contributed by atoms with Crippen molar-refractivity contribution in [2.45, 2.75) is 13.5 Å². The number of benzene rings is 1. The van der Waals surface area contributed by atoms with Gasteiger partial charge in [0.05, 0.1) is 6.61 Å². The molecule has 0 radical (unpaired) electrons. The summed E-state index contributed by atoms with van der Waals surface area (Å²) in [6, 6.07) is 4.85. The highest BCUT2D eigenvalue weighted by atomic mass is 35.5. The van der Waals surface area contributed by atoms with Crippen LogP contribution in [-0.2, 0) is 6.61 Å². The van der Waals surface area contributed by atoms with Crippen LogP contribution < -0.4 is 10.6 Å². The maximum atomic E-state index is 11.4. The SMILES string of the molecule is CCNC(=O)Nc1cc2c(CO)ccc(Cl)c2cn1. The fraction of sp³-hybridized carbons (Fsp3) is 0.231. The van der Waals surface area contributed by atoms with Crippen LogP contribution in [0.5, 0.6) is 0 Å². The number of aliphatic hydroxyl groups excluding tert-OH is 1. The molecule has 0 aliphatic heterocycles. The largest absolute Gasteiger partial charge is 0.392 e. The van der Waals surface area contributed by atoms with E-state index in [4.69, 9.17) is 11.6 Å². The molecule has 1 aromatic heterocycles. The van der Waals surface area contributed by atoms with Crippen LogP contribution >= 0.6 is 11.6 Å².